The average molecular weight is 383 g/mol. The van der Waals surface area contributed by atoms with E-state index < -0.39 is 0 Å². The number of amides is 2. The zero-order valence-corrected chi connectivity index (χ0v) is 16.1. The van der Waals surface area contributed by atoms with Crippen LogP contribution < -0.4 is 16.4 Å². The second-order valence-corrected chi connectivity index (χ2v) is 7.00. The highest BCUT2D eigenvalue weighted by atomic mass is 35.5. The molecule has 0 aliphatic heterocycles. The van der Waals surface area contributed by atoms with Crippen LogP contribution in [0.25, 0.3) is 0 Å². The molecule has 2 amide bonds. The van der Waals surface area contributed by atoms with Crippen molar-refractivity contribution in [2.24, 2.45) is 5.73 Å². The van der Waals surface area contributed by atoms with Gasteiger partial charge in [0.15, 0.2) is 0 Å². The van der Waals surface area contributed by atoms with Crippen LogP contribution in [0.15, 0.2) is 29.6 Å². The first kappa shape index (κ1) is 21.1. The molecule has 1 heterocycles. The molecular formula is C17H23ClN4O2S. The summed E-state index contributed by atoms with van der Waals surface area (Å²) in [4.78, 5) is 28.4. The number of hydrogen-bond donors (Lipinski definition) is 3. The van der Waals surface area contributed by atoms with E-state index in [0.717, 1.165) is 6.42 Å². The van der Waals surface area contributed by atoms with E-state index in [0.29, 0.717) is 28.5 Å². The van der Waals surface area contributed by atoms with Crippen LogP contribution in [0.2, 0.25) is 0 Å². The molecule has 0 radical (unpaired) electrons. The Morgan fingerprint density at radius 2 is 1.84 bits per heavy atom. The molecule has 0 fully saturated rings. The third kappa shape index (κ3) is 5.81. The summed E-state index contributed by atoms with van der Waals surface area (Å²) >= 11 is 1.35. The molecule has 0 aliphatic rings. The summed E-state index contributed by atoms with van der Waals surface area (Å²) in [5, 5.41) is 8.11. The molecular weight excluding hydrogens is 360 g/mol. The lowest BCUT2D eigenvalue weighted by Gasteiger charge is -2.24. The molecule has 0 saturated heterocycles. The van der Waals surface area contributed by atoms with Crippen LogP contribution in [0.5, 0.6) is 0 Å². The molecule has 0 aliphatic carbocycles. The minimum Gasteiger partial charge on any atom is -0.347 e. The molecule has 1 aromatic heterocycles. The maximum atomic E-state index is 12.2. The maximum Gasteiger partial charge on any atom is 0.275 e. The monoisotopic (exact) mass is 382 g/mol. The summed E-state index contributed by atoms with van der Waals surface area (Å²) in [6.45, 7) is 6.29. The van der Waals surface area contributed by atoms with Crippen LogP contribution in [0, 0.1) is 0 Å². The van der Waals surface area contributed by atoms with Gasteiger partial charge < -0.3 is 16.4 Å². The Bertz CT molecular complexity index is 729. The average Bonchev–Trinajstić information content (AvgIpc) is 3.04. The zero-order chi connectivity index (χ0) is 17.7. The Labute approximate surface area is 157 Å². The summed E-state index contributed by atoms with van der Waals surface area (Å²) in [7, 11) is 0. The van der Waals surface area contributed by atoms with Crippen molar-refractivity contribution in [1.82, 2.24) is 10.3 Å². The lowest BCUT2D eigenvalue weighted by molar-refractivity contribution is 0.0911. The minimum atomic E-state index is -0.296. The van der Waals surface area contributed by atoms with Gasteiger partial charge in [0.05, 0.1) is 0 Å². The second-order valence-electron chi connectivity index (χ2n) is 6.05. The molecule has 1 aromatic carbocycles. The van der Waals surface area contributed by atoms with Crippen LogP contribution in [-0.2, 0) is 6.54 Å². The highest BCUT2D eigenvalue weighted by Crippen LogP contribution is 2.15. The van der Waals surface area contributed by atoms with E-state index in [1.165, 1.54) is 11.3 Å². The number of nitrogens with one attached hydrogen (secondary N) is 2. The highest BCUT2D eigenvalue weighted by Gasteiger charge is 2.18. The fourth-order valence-electron chi connectivity index (χ4n) is 1.88. The Morgan fingerprint density at radius 3 is 2.36 bits per heavy atom. The molecule has 25 heavy (non-hydrogen) atoms. The van der Waals surface area contributed by atoms with Crippen molar-refractivity contribution in [1.29, 1.82) is 0 Å². The van der Waals surface area contributed by atoms with Crippen LogP contribution in [-0.4, -0.2) is 22.3 Å². The first-order valence-electron chi connectivity index (χ1n) is 7.73. The normalized spacial score (nSPS) is 10.7. The number of nitrogens with two attached hydrogens (primary N) is 1. The molecule has 0 saturated carbocycles. The zero-order valence-electron chi connectivity index (χ0n) is 14.5. The van der Waals surface area contributed by atoms with Crippen LogP contribution in [0.4, 0.5) is 5.69 Å². The highest BCUT2D eigenvalue weighted by molar-refractivity contribution is 7.09. The summed E-state index contributed by atoms with van der Waals surface area (Å²) in [5.41, 5.74) is 6.73. The third-order valence-corrected chi connectivity index (χ3v) is 4.57. The van der Waals surface area contributed by atoms with Gasteiger partial charge in [-0.05, 0) is 44.5 Å². The van der Waals surface area contributed by atoms with Crippen molar-refractivity contribution in [3.05, 3.63) is 45.9 Å². The predicted molar refractivity (Wildman–Crippen MR) is 103 cm³/mol. The summed E-state index contributed by atoms with van der Waals surface area (Å²) in [6, 6.07) is 6.76. The van der Waals surface area contributed by atoms with Gasteiger partial charge in [-0.1, -0.05) is 6.92 Å². The van der Waals surface area contributed by atoms with E-state index >= 15 is 0 Å². The van der Waals surface area contributed by atoms with Crippen LogP contribution in [0.1, 0.15) is 53.0 Å². The lowest BCUT2D eigenvalue weighted by atomic mass is 10.0. The molecule has 6 nitrogen and oxygen atoms in total. The number of carbonyl (C=O) groups is 2. The van der Waals surface area contributed by atoms with Crippen molar-refractivity contribution in [3.63, 3.8) is 0 Å². The smallest absolute Gasteiger partial charge is 0.275 e. The first-order chi connectivity index (χ1) is 11.3. The number of thiazole rings is 1. The number of carbonyl (C=O) groups excluding carboxylic acids is 2. The van der Waals surface area contributed by atoms with Gasteiger partial charge in [-0.25, -0.2) is 4.98 Å². The van der Waals surface area contributed by atoms with E-state index in [1.54, 1.807) is 29.6 Å². The van der Waals surface area contributed by atoms with E-state index in [-0.39, 0.29) is 29.8 Å². The molecule has 136 valence electrons. The van der Waals surface area contributed by atoms with Crippen molar-refractivity contribution in [3.8, 4) is 0 Å². The molecule has 0 spiro atoms. The maximum absolute atomic E-state index is 12.2. The molecule has 0 unspecified atom stereocenters. The standard InChI is InChI=1S/C17H22N4O2S.ClH/c1-4-17(2,3)21-15(22)11-5-7-12(8-6-11)19-16(23)13-10-24-14(9-18)20-13;/h5-8,10H,4,9,18H2,1-3H3,(H,19,23)(H,21,22);1H. The Hall–Kier alpha value is -1.96. The van der Waals surface area contributed by atoms with Gasteiger partial charge >= 0.3 is 0 Å². The fraction of sp³-hybridized carbons (Fsp3) is 0.353. The van der Waals surface area contributed by atoms with Crippen LogP contribution >= 0.6 is 23.7 Å². The van der Waals surface area contributed by atoms with Crippen molar-refractivity contribution in [2.45, 2.75) is 39.3 Å². The number of halogens is 1. The molecule has 0 bridgehead atoms. The Kier molecular flexibility index (Phi) is 7.54. The van der Waals surface area contributed by atoms with Gasteiger partial charge in [0.1, 0.15) is 10.7 Å². The van der Waals surface area contributed by atoms with E-state index in [9.17, 15) is 9.59 Å². The fourth-order valence-corrected chi connectivity index (χ4v) is 2.53. The number of nitrogens with zero attached hydrogens (tertiary/aromatic N) is 1. The van der Waals surface area contributed by atoms with Crippen molar-refractivity contribution in [2.75, 3.05) is 5.32 Å². The minimum absolute atomic E-state index is 0. The predicted octanol–water partition coefficient (Wildman–Crippen LogP) is 3.19. The van der Waals surface area contributed by atoms with Gasteiger partial charge in [-0.3, -0.25) is 9.59 Å². The van der Waals surface area contributed by atoms with Gasteiger partial charge in [0, 0.05) is 28.7 Å². The number of aromatic nitrogens is 1. The number of rotatable bonds is 6. The second kappa shape index (κ2) is 8.94. The Balaban J connectivity index is 0.00000312. The largest absolute Gasteiger partial charge is 0.347 e. The Morgan fingerprint density at radius 1 is 1.20 bits per heavy atom. The summed E-state index contributed by atoms with van der Waals surface area (Å²) in [6.07, 6.45) is 0.839. The van der Waals surface area contributed by atoms with E-state index in [1.807, 2.05) is 20.8 Å². The number of benzene rings is 1. The van der Waals surface area contributed by atoms with Gasteiger partial charge in [-0.15, -0.1) is 23.7 Å². The third-order valence-electron chi connectivity index (χ3n) is 3.70. The van der Waals surface area contributed by atoms with E-state index in [4.69, 9.17) is 5.73 Å². The number of anilines is 1. The quantitative estimate of drug-likeness (QED) is 0.714. The molecule has 4 N–H and O–H groups in total. The molecule has 8 heteroatoms. The van der Waals surface area contributed by atoms with Crippen molar-refractivity contribution >= 4 is 41.2 Å². The van der Waals surface area contributed by atoms with E-state index in [2.05, 4.69) is 15.6 Å². The SMILES string of the molecule is CCC(C)(C)NC(=O)c1ccc(NC(=O)c2csc(CN)n2)cc1.Cl. The molecule has 2 aromatic rings. The number of hydrogen-bond acceptors (Lipinski definition) is 5. The summed E-state index contributed by atoms with van der Waals surface area (Å²) in [5.74, 6) is -0.429. The van der Waals surface area contributed by atoms with Crippen molar-refractivity contribution < 1.29 is 9.59 Å². The van der Waals surface area contributed by atoms with Gasteiger partial charge in [-0.2, -0.15) is 0 Å². The first-order valence-corrected chi connectivity index (χ1v) is 8.61. The summed E-state index contributed by atoms with van der Waals surface area (Å²) < 4.78 is 0. The molecule has 2 rings (SSSR count). The van der Waals surface area contributed by atoms with Gasteiger partial charge in [0.25, 0.3) is 11.8 Å². The van der Waals surface area contributed by atoms with Crippen LogP contribution in [0.3, 0.4) is 0 Å². The molecule has 0 atom stereocenters. The lowest BCUT2D eigenvalue weighted by Crippen LogP contribution is -2.42. The topological polar surface area (TPSA) is 97.1 Å². The van der Waals surface area contributed by atoms with Gasteiger partial charge in [0.2, 0.25) is 0 Å².